The summed E-state index contributed by atoms with van der Waals surface area (Å²) in [5.41, 5.74) is 1.03. The van der Waals surface area contributed by atoms with Gasteiger partial charge in [0, 0.05) is 13.1 Å². The number of hydrogen-bond acceptors (Lipinski definition) is 3. The van der Waals surface area contributed by atoms with Gasteiger partial charge in [-0.05, 0) is 39.7 Å². The monoisotopic (exact) mass is 365 g/mol. The Kier molecular flexibility index (Phi) is 5.08. The summed E-state index contributed by atoms with van der Waals surface area (Å²) in [6, 6.07) is 14.4. The van der Waals surface area contributed by atoms with E-state index in [9.17, 15) is 4.39 Å². The van der Waals surface area contributed by atoms with E-state index in [1.807, 2.05) is 30.3 Å². The van der Waals surface area contributed by atoms with Crippen LogP contribution in [0.1, 0.15) is 11.7 Å². The van der Waals surface area contributed by atoms with Crippen LogP contribution in [0.4, 0.5) is 4.39 Å². The summed E-state index contributed by atoms with van der Waals surface area (Å²) in [7, 11) is 0. The smallest absolute Gasteiger partial charge is 0.151 e. The third-order valence-electron chi connectivity index (χ3n) is 3.57. The summed E-state index contributed by atoms with van der Waals surface area (Å²) in [5, 5.41) is 3.32. The van der Waals surface area contributed by atoms with Crippen molar-refractivity contribution in [3.63, 3.8) is 0 Å². The summed E-state index contributed by atoms with van der Waals surface area (Å²) < 4.78 is 25.8. The van der Waals surface area contributed by atoms with Crippen molar-refractivity contribution in [2.24, 2.45) is 0 Å². The fraction of sp³-hybridized carbons (Fsp3) is 0.294. The van der Waals surface area contributed by atoms with Crippen LogP contribution in [0.25, 0.3) is 0 Å². The molecule has 0 saturated carbocycles. The molecule has 0 aliphatic carbocycles. The van der Waals surface area contributed by atoms with E-state index < -0.39 is 0 Å². The van der Waals surface area contributed by atoms with Gasteiger partial charge < -0.3 is 14.8 Å². The minimum atomic E-state index is -0.300. The van der Waals surface area contributed by atoms with Crippen LogP contribution in [0.3, 0.4) is 0 Å². The van der Waals surface area contributed by atoms with E-state index in [0.717, 1.165) is 18.7 Å². The molecule has 0 aromatic heterocycles. The predicted molar refractivity (Wildman–Crippen MR) is 86.5 cm³/mol. The fourth-order valence-corrected chi connectivity index (χ4v) is 2.93. The normalized spacial score (nSPS) is 19.6. The first-order chi connectivity index (χ1) is 10.7. The molecule has 1 N–H and O–H groups in total. The summed E-state index contributed by atoms with van der Waals surface area (Å²) >= 11 is 3.35. The molecule has 1 saturated heterocycles. The lowest BCUT2D eigenvalue weighted by Crippen LogP contribution is -2.43. The van der Waals surface area contributed by atoms with Crippen LogP contribution in [-0.2, 0) is 4.74 Å². The highest BCUT2D eigenvalue weighted by atomic mass is 79.9. The minimum absolute atomic E-state index is 0.0897. The maximum absolute atomic E-state index is 13.2. The van der Waals surface area contributed by atoms with E-state index >= 15 is 0 Å². The van der Waals surface area contributed by atoms with Crippen molar-refractivity contribution >= 4 is 15.9 Å². The highest BCUT2D eigenvalue weighted by molar-refractivity contribution is 9.10. The number of hydrogen-bond donors (Lipinski definition) is 1. The molecule has 22 heavy (non-hydrogen) atoms. The SMILES string of the molecule is Fc1ccc(OC(c2ccccc2)C2CNCCO2)c(Br)c1. The molecule has 1 aliphatic rings. The Labute approximate surface area is 137 Å². The largest absolute Gasteiger partial charge is 0.482 e. The van der Waals surface area contributed by atoms with Crippen LogP contribution >= 0.6 is 15.9 Å². The van der Waals surface area contributed by atoms with Crippen LogP contribution in [0, 0.1) is 5.82 Å². The first-order valence-electron chi connectivity index (χ1n) is 7.23. The molecular weight excluding hydrogens is 349 g/mol. The highest BCUT2D eigenvalue weighted by Crippen LogP contribution is 2.32. The average Bonchev–Trinajstić information content (AvgIpc) is 2.56. The maximum atomic E-state index is 13.2. The molecule has 3 nitrogen and oxygen atoms in total. The lowest BCUT2D eigenvalue weighted by atomic mass is 10.0. The van der Waals surface area contributed by atoms with Crippen molar-refractivity contribution in [3.05, 3.63) is 64.4 Å². The van der Waals surface area contributed by atoms with E-state index in [2.05, 4.69) is 21.2 Å². The van der Waals surface area contributed by atoms with Gasteiger partial charge in [0.05, 0.1) is 11.1 Å². The van der Waals surface area contributed by atoms with Crippen molar-refractivity contribution in [2.75, 3.05) is 19.7 Å². The Morgan fingerprint density at radius 1 is 1.23 bits per heavy atom. The van der Waals surface area contributed by atoms with Gasteiger partial charge in [-0.15, -0.1) is 0 Å². The zero-order chi connectivity index (χ0) is 15.4. The van der Waals surface area contributed by atoms with Gasteiger partial charge in [-0.3, -0.25) is 0 Å². The second-order valence-electron chi connectivity index (χ2n) is 5.14. The predicted octanol–water partition coefficient (Wildman–Crippen LogP) is 3.70. The minimum Gasteiger partial charge on any atom is -0.482 e. The number of rotatable bonds is 4. The van der Waals surface area contributed by atoms with Gasteiger partial charge in [0.1, 0.15) is 17.7 Å². The van der Waals surface area contributed by atoms with Gasteiger partial charge in [0.25, 0.3) is 0 Å². The van der Waals surface area contributed by atoms with E-state index in [0.29, 0.717) is 16.8 Å². The second kappa shape index (κ2) is 7.22. The third kappa shape index (κ3) is 3.66. The van der Waals surface area contributed by atoms with Crippen molar-refractivity contribution in [1.29, 1.82) is 0 Å². The lowest BCUT2D eigenvalue weighted by molar-refractivity contribution is -0.0434. The Bertz CT molecular complexity index is 617. The van der Waals surface area contributed by atoms with Crippen LogP contribution in [-0.4, -0.2) is 25.8 Å². The van der Waals surface area contributed by atoms with Crippen LogP contribution in [0.15, 0.2) is 53.0 Å². The molecule has 2 aromatic carbocycles. The third-order valence-corrected chi connectivity index (χ3v) is 4.19. The Hall–Kier alpha value is -1.43. The highest BCUT2D eigenvalue weighted by Gasteiger charge is 2.28. The van der Waals surface area contributed by atoms with Gasteiger partial charge in [-0.1, -0.05) is 30.3 Å². The van der Waals surface area contributed by atoms with Crippen molar-refractivity contribution in [3.8, 4) is 5.75 Å². The Morgan fingerprint density at radius 2 is 2.05 bits per heavy atom. The quantitative estimate of drug-likeness (QED) is 0.895. The molecule has 0 radical (unpaired) electrons. The van der Waals surface area contributed by atoms with Crippen molar-refractivity contribution < 1.29 is 13.9 Å². The zero-order valence-electron chi connectivity index (χ0n) is 12.0. The summed E-state index contributed by atoms with van der Waals surface area (Å²) in [4.78, 5) is 0. The average molecular weight is 366 g/mol. The number of morpholine rings is 1. The maximum Gasteiger partial charge on any atom is 0.151 e. The van der Waals surface area contributed by atoms with E-state index in [4.69, 9.17) is 9.47 Å². The van der Waals surface area contributed by atoms with Gasteiger partial charge in [-0.2, -0.15) is 0 Å². The van der Waals surface area contributed by atoms with Crippen molar-refractivity contribution in [1.82, 2.24) is 5.32 Å². The summed E-state index contributed by atoms with van der Waals surface area (Å²) in [6.45, 7) is 2.22. The molecule has 1 heterocycles. The number of halogens is 2. The molecule has 0 bridgehead atoms. The molecular formula is C17H17BrFNO2. The molecule has 116 valence electrons. The van der Waals surface area contributed by atoms with Crippen LogP contribution in [0.5, 0.6) is 5.75 Å². The second-order valence-corrected chi connectivity index (χ2v) is 5.99. The molecule has 2 aromatic rings. The lowest BCUT2D eigenvalue weighted by Gasteiger charge is -2.31. The fourth-order valence-electron chi connectivity index (χ4n) is 2.49. The zero-order valence-corrected chi connectivity index (χ0v) is 13.6. The standard InChI is InChI=1S/C17H17BrFNO2/c18-14-10-13(19)6-7-15(14)22-17(12-4-2-1-3-5-12)16-11-20-8-9-21-16/h1-7,10,16-17,20H,8-9,11H2. The summed E-state index contributed by atoms with van der Waals surface area (Å²) in [6.07, 6.45) is -0.344. The van der Waals surface area contributed by atoms with E-state index in [-0.39, 0.29) is 18.0 Å². The van der Waals surface area contributed by atoms with Crippen molar-refractivity contribution in [2.45, 2.75) is 12.2 Å². The molecule has 0 spiro atoms. The number of ether oxygens (including phenoxy) is 2. The molecule has 0 amide bonds. The first-order valence-corrected chi connectivity index (χ1v) is 8.02. The van der Waals surface area contributed by atoms with Crippen LogP contribution in [0.2, 0.25) is 0 Å². The van der Waals surface area contributed by atoms with E-state index in [1.165, 1.54) is 12.1 Å². The molecule has 2 atom stereocenters. The van der Waals surface area contributed by atoms with E-state index in [1.54, 1.807) is 6.07 Å². The number of benzene rings is 2. The van der Waals surface area contributed by atoms with Gasteiger partial charge >= 0.3 is 0 Å². The Morgan fingerprint density at radius 3 is 2.73 bits per heavy atom. The van der Waals surface area contributed by atoms with Gasteiger partial charge in [0.15, 0.2) is 6.10 Å². The Balaban J connectivity index is 1.87. The first kappa shape index (κ1) is 15.5. The molecule has 2 unspecified atom stereocenters. The molecule has 3 rings (SSSR count). The molecule has 5 heteroatoms. The number of nitrogens with one attached hydrogen (secondary N) is 1. The molecule has 1 aliphatic heterocycles. The van der Waals surface area contributed by atoms with Gasteiger partial charge in [-0.25, -0.2) is 4.39 Å². The van der Waals surface area contributed by atoms with Gasteiger partial charge in [0.2, 0.25) is 0 Å². The topological polar surface area (TPSA) is 30.5 Å². The summed E-state index contributed by atoms with van der Waals surface area (Å²) in [5.74, 6) is 0.301. The van der Waals surface area contributed by atoms with Crippen LogP contribution < -0.4 is 10.1 Å². The molecule has 1 fully saturated rings.